The van der Waals surface area contributed by atoms with Crippen molar-refractivity contribution in [3.05, 3.63) is 91.5 Å². The summed E-state index contributed by atoms with van der Waals surface area (Å²) < 4.78 is 21.1. The first-order valence-corrected chi connectivity index (χ1v) is 13.2. The quantitative estimate of drug-likeness (QED) is 0.520. The van der Waals surface area contributed by atoms with Gasteiger partial charge in [0.15, 0.2) is 0 Å². The highest BCUT2D eigenvalue weighted by Crippen LogP contribution is 2.15. The number of ether oxygens (including phenoxy) is 1. The molecule has 40 heavy (non-hydrogen) atoms. The molecule has 1 atom stereocenters. The molecule has 2 heterocycles. The Kier molecular flexibility index (Phi) is 8.22. The van der Waals surface area contributed by atoms with E-state index in [-0.39, 0.29) is 19.1 Å². The molecule has 3 aromatic rings. The van der Waals surface area contributed by atoms with E-state index in [0.717, 1.165) is 20.4 Å². The van der Waals surface area contributed by atoms with Gasteiger partial charge in [-0.1, -0.05) is 18.2 Å². The Labute approximate surface area is 231 Å². The molecule has 0 unspecified atom stereocenters. The average Bonchev–Trinajstić information content (AvgIpc) is 2.87. The molecule has 212 valence electrons. The van der Waals surface area contributed by atoms with Gasteiger partial charge in [-0.15, -0.1) is 0 Å². The second kappa shape index (κ2) is 11.4. The van der Waals surface area contributed by atoms with E-state index in [1.54, 1.807) is 39.0 Å². The van der Waals surface area contributed by atoms with Crippen LogP contribution in [0, 0.1) is 19.7 Å². The molecule has 0 spiro atoms. The van der Waals surface area contributed by atoms with Gasteiger partial charge >= 0.3 is 11.8 Å². The van der Waals surface area contributed by atoms with Crippen molar-refractivity contribution in [1.82, 2.24) is 24.6 Å². The van der Waals surface area contributed by atoms with Crippen LogP contribution in [0.15, 0.2) is 52.1 Å². The molecule has 4 rings (SSSR count). The van der Waals surface area contributed by atoms with Crippen LogP contribution in [-0.4, -0.2) is 56.0 Å². The molecule has 1 aliphatic rings. The van der Waals surface area contributed by atoms with Crippen LogP contribution in [0.1, 0.15) is 60.8 Å². The molecule has 1 aromatic heterocycles. The van der Waals surface area contributed by atoms with Crippen LogP contribution in [0.25, 0.3) is 5.69 Å². The van der Waals surface area contributed by atoms with E-state index in [4.69, 9.17) is 4.74 Å². The Hall–Kier alpha value is -4.28. The molecule has 0 radical (unpaired) electrons. The number of alkyl carbamates (subject to hydrolysis) is 1. The third kappa shape index (κ3) is 6.64. The molecule has 0 saturated carbocycles. The molecule has 0 aliphatic carbocycles. The van der Waals surface area contributed by atoms with E-state index >= 15 is 0 Å². The summed E-state index contributed by atoms with van der Waals surface area (Å²) in [6.07, 6.45) is 0.619. The van der Waals surface area contributed by atoms with E-state index in [0.29, 0.717) is 30.6 Å². The number of carbonyl (C=O) groups excluding carboxylic acids is 2. The summed E-state index contributed by atoms with van der Waals surface area (Å²) in [5.74, 6) is -1.17. The fraction of sp³-hybridized carbons (Fsp3) is 0.414. The number of likely N-dealkylation sites (tertiary alicyclic amines) is 1. The van der Waals surface area contributed by atoms with Crippen molar-refractivity contribution in [3.8, 4) is 5.69 Å². The SMILES string of the molecule is Cc1ccc(-n2nc(C(=O)N3CCC[C@@H](NC(=O)OC(C)(C)C)C3)c(=O)n(Cc3cccc(F)c3)c2=O)cc1C. The summed E-state index contributed by atoms with van der Waals surface area (Å²) in [5, 5.41) is 7.02. The van der Waals surface area contributed by atoms with Gasteiger partial charge in [-0.3, -0.25) is 14.2 Å². The zero-order chi connectivity index (χ0) is 29.2. The van der Waals surface area contributed by atoms with Crippen LogP contribution in [0.4, 0.5) is 9.18 Å². The van der Waals surface area contributed by atoms with E-state index in [9.17, 15) is 23.6 Å². The zero-order valence-corrected chi connectivity index (χ0v) is 23.4. The van der Waals surface area contributed by atoms with Gasteiger partial charge in [0.1, 0.15) is 11.4 Å². The predicted molar refractivity (Wildman–Crippen MR) is 147 cm³/mol. The minimum Gasteiger partial charge on any atom is -0.444 e. The molecule has 1 fully saturated rings. The number of piperidine rings is 1. The van der Waals surface area contributed by atoms with Gasteiger partial charge in [-0.05, 0) is 88.4 Å². The van der Waals surface area contributed by atoms with E-state index in [1.807, 2.05) is 19.9 Å². The van der Waals surface area contributed by atoms with Crippen molar-refractivity contribution in [1.29, 1.82) is 0 Å². The largest absolute Gasteiger partial charge is 0.444 e. The maximum Gasteiger partial charge on any atom is 0.407 e. The van der Waals surface area contributed by atoms with Crippen molar-refractivity contribution in [2.75, 3.05) is 13.1 Å². The number of aryl methyl sites for hydroxylation is 2. The standard InChI is InChI=1S/C29H34FN5O5/c1-18-11-12-23(14-19(18)2)35-28(39)34(16-20-8-6-9-21(30)15-20)26(37)24(32-35)25(36)33-13-7-10-22(17-33)31-27(38)40-29(3,4)5/h6,8-9,11-12,14-15,22H,7,10,13,16-17H2,1-5H3,(H,31,38)/t22-/m1/s1. The molecule has 1 aliphatic heterocycles. The monoisotopic (exact) mass is 551 g/mol. The fourth-order valence-electron chi connectivity index (χ4n) is 4.54. The fourth-order valence-corrected chi connectivity index (χ4v) is 4.54. The van der Waals surface area contributed by atoms with Crippen molar-refractivity contribution >= 4 is 12.0 Å². The Morgan fingerprint density at radius 1 is 1.10 bits per heavy atom. The van der Waals surface area contributed by atoms with Crippen LogP contribution in [0.2, 0.25) is 0 Å². The first-order chi connectivity index (χ1) is 18.8. The van der Waals surface area contributed by atoms with Gasteiger partial charge in [-0.25, -0.2) is 14.0 Å². The average molecular weight is 552 g/mol. The minimum absolute atomic E-state index is 0.145. The smallest absolute Gasteiger partial charge is 0.407 e. The zero-order valence-electron chi connectivity index (χ0n) is 23.4. The van der Waals surface area contributed by atoms with Crippen molar-refractivity contribution in [2.24, 2.45) is 0 Å². The number of hydrogen-bond acceptors (Lipinski definition) is 6. The molecular formula is C29H34FN5O5. The summed E-state index contributed by atoms with van der Waals surface area (Å²) in [6.45, 7) is 9.32. The minimum atomic E-state index is -0.874. The third-order valence-electron chi connectivity index (χ3n) is 6.66. The third-order valence-corrected chi connectivity index (χ3v) is 6.66. The maximum atomic E-state index is 13.9. The highest BCUT2D eigenvalue weighted by atomic mass is 19.1. The van der Waals surface area contributed by atoms with E-state index in [1.165, 1.54) is 23.1 Å². The van der Waals surface area contributed by atoms with E-state index < -0.39 is 40.4 Å². The van der Waals surface area contributed by atoms with Crippen LogP contribution in [-0.2, 0) is 11.3 Å². The normalized spacial score (nSPS) is 15.6. The second-order valence-corrected chi connectivity index (χ2v) is 11.1. The molecular weight excluding hydrogens is 517 g/mol. The topological polar surface area (TPSA) is 116 Å². The summed E-state index contributed by atoms with van der Waals surface area (Å²) in [5.41, 5.74) is -0.0706. The highest BCUT2D eigenvalue weighted by molar-refractivity contribution is 5.92. The van der Waals surface area contributed by atoms with Crippen molar-refractivity contribution in [2.45, 2.75) is 65.6 Å². The Bertz CT molecular complexity index is 1560. The van der Waals surface area contributed by atoms with Gasteiger partial charge in [0.25, 0.3) is 11.5 Å². The first kappa shape index (κ1) is 28.7. The lowest BCUT2D eigenvalue weighted by atomic mass is 10.1. The maximum absolute atomic E-state index is 13.9. The van der Waals surface area contributed by atoms with Gasteiger partial charge in [0.2, 0.25) is 5.69 Å². The number of rotatable bonds is 5. The number of aromatic nitrogens is 3. The lowest BCUT2D eigenvalue weighted by molar-refractivity contribution is 0.0450. The van der Waals surface area contributed by atoms with Gasteiger partial charge in [0.05, 0.1) is 12.2 Å². The molecule has 11 heteroatoms. The molecule has 2 aromatic carbocycles. The molecule has 1 saturated heterocycles. The number of carbonyl (C=O) groups is 2. The van der Waals surface area contributed by atoms with Gasteiger partial charge in [0, 0.05) is 19.1 Å². The van der Waals surface area contributed by atoms with Gasteiger partial charge in [-0.2, -0.15) is 9.78 Å². The number of nitrogens with one attached hydrogen (secondary N) is 1. The lowest BCUT2D eigenvalue weighted by Crippen LogP contribution is -2.52. The summed E-state index contributed by atoms with van der Waals surface area (Å²) >= 11 is 0. The highest BCUT2D eigenvalue weighted by Gasteiger charge is 2.30. The number of hydrogen-bond donors (Lipinski definition) is 1. The van der Waals surface area contributed by atoms with Crippen molar-refractivity contribution in [3.63, 3.8) is 0 Å². The second-order valence-electron chi connectivity index (χ2n) is 11.1. The van der Waals surface area contributed by atoms with Crippen LogP contribution in [0.3, 0.4) is 0 Å². The van der Waals surface area contributed by atoms with Crippen molar-refractivity contribution < 1.29 is 18.7 Å². The van der Waals surface area contributed by atoms with Crippen LogP contribution in [0.5, 0.6) is 0 Å². The summed E-state index contributed by atoms with van der Waals surface area (Å²) in [7, 11) is 0. The lowest BCUT2D eigenvalue weighted by Gasteiger charge is -2.33. The van der Waals surface area contributed by atoms with Gasteiger partial charge < -0.3 is 15.0 Å². The van der Waals surface area contributed by atoms with Crippen LogP contribution >= 0.6 is 0 Å². The number of nitrogens with zero attached hydrogens (tertiary/aromatic N) is 4. The number of amides is 2. The summed E-state index contributed by atoms with van der Waals surface area (Å²) in [6, 6.07) is 10.4. The molecule has 10 nitrogen and oxygen atoms in total. The summed E-state index contributed by atoms with van der Waals surface area (Å²) in [4.78, 5) is 54.5. The Morgan fingerprint density at radius 2 is 1.85 bits per heavy atom. The molecule has 0 bridgehead atoms. The number of halogens is 1. The van der Waals surface area contributed by atoms with E-state index in [2.05, 4.69) is 10.4 Å². The Balaban J connectivity index is 1.72. The predicted octanol–water partition coefficient (Wildman–Crippen LogP) is 3.33. The molecule has 1 N–H and O–H groups in total. The first-order valence-electron chi connectivity index (χ1n) is 13.2. The number of benzene rings is 2. The Morgan fingerprint density at radius 3 is 2.52 bits per heavy atom. The molecule has 2 amide bonds. The van der Waals surface area contributed by atoms with Crippen LogP contribution < -0.4 is 16.6 Å².